The smallest absolute Gasteiger partial charge is 0.0397 e. The molecular weight excluding hydrogens is 436 g/mol. The first-order valence-electron chi connectivity index (χ1n) is 14.1. The molecule has 1 rings (SSSR count). The highest BCUT2D eigenvalue weighted by Gasteiger charge is 1.96. The zero-order valence-electron chi connectivity index (χ0n) is 22.9. The van der Waals surface area contributed by atoms with Crippen molar-refractivity contribution in [1.29, 1.82) is 0 Å². The van der Waals surface area contributed by atoms with Crippen LogP contribution in [0.3, 0.4) is 0 Å². The van der Waals surface area contributed by atoms with E-state index in [0.717, 1.165) is 26.1 Å². The van der Waals surface area contributed by atoms with Gasteiger partial charge in [-0.05, 0) is 57.2 Å². The normalized spacial score (nSPS) is 10.4. The van der Waals surface area contributed by atoms with Crippen molar-refractivity contribution >= 4 is 12.4 Å². The topological polar surface area (TPSA) is 24.1 Å². The molecule has 198 valence electrons. The van der Waals surface area contributed by atoms with Gasteiger partial charge in [0.25, 0.3) is 0 Å². The molecule has 3 heteroatoms. The van der Waals surface area contributed by atoms with Crippen molar-refractivity contribution in [3.8, 4) is 0 Å². The number of unbranched alkanes of at least 4 members (excludes halogenated alkanes) is 12. The van der Waals surface area contributed by atoms with Crippen LogP contribution < -0.4 is 10.6 Å². The molecule has 0 fully saturated rings. The second-order valence-corrected chi connectivity index (χ2v) is 9.09. The minimum Gasteiger partial charge on any atom is -0.385 e. The van der Waals surface area contributed by atoms with Crippen molar-refractivity contribution in [3.05, 3.63) is 60.3 Å². The van der Waals surface area contributed by atoms with E-state index in [1.54, 1.807) is 0 Å². The Morgan fingerprint density at radius 3 is 1.71 bits per heavy atom. The van der Waals surface area contributed by atoms with Crippen LogP contribution in [0.25, 0.3) is 0 Å². The summed E-state index contributed by atoms with van der Waals surface area (Å²) in [6.07, 6.45) is 25.0. The Bertz CT molecular complexity index is 540. The third kappa shape index (κ3) is 27.0. The molecule has 2 N–H and O–H groups in total. The maximum absolute atomic E-state index is 4.16. The van der Waals surface area contributed by atoms with Gasteiger partial charge in [0.2, 0.25) is 0 Å². The third-order valence-corrected chi connectivity index (χ3v) is 5.88. The molecule has 0 aliphatic carbocycles. The fourth-order valence-corrected chi connectivity index (χ4v) is 3.75. The summed E-state index contributed by atoms with van der Waals surface area (Å²) in [7, 11) is 0. The van der Waals surface area contributed by atoms with Crippen molar-refractivity contribution in [2.45, 2.75) is 124 Å². The zero-order valence-corrected chi connectivity index (χ0v) is 23.7. The molecule has 0 saturated carbocycles. The molecule has 0 heterocycles. The third-order valence-electron chi connectivity index (χ3n) is 5.88. The van der Waals surface area contributed by atoms with Crippen molar-refractivity contribution in [2.75, 3.05) is 13.1 Å². The van der Waals surface area contributed by atoms with Crippen LogP contribution in [0, 0.1) is 0 Å². The van der Waals surface area contributed by atoms with Crippen molar-refractivity contribution in [1.82, 2.24) is 10.6 Å². The van der Waals surface area contributed by atoms with E-state index in [9.17, 15) is 0 Å². The second kappa shape index (κ2) is 29.8. The van der Waals surface area contributed by atoms with Gasteiger partial charge in [-0.3, -0.25) is 0 Å². The first-order valence-corrected chi connectivity index (χ1v) is 14.1. The van der Waals surface area contributed by atoms with E-state index in [4.69, 9.17) is 0 Å². The SMILES string of the molecule is C=C(CCCCCCCCC=CCCCCCCCC)NCc1ccccc1.CCNCC.Cl. The highest BCUT2D eigenvalue weighted by atomic mass is 35.5. The molecule has 0 aliphatic rings. The van der Waals surface area contributed by atoms with Crippen LogP contribution in [0.1, 0.15) is 123 Å². The molecule has 0 amide bonds. The van der Waals surface area contributed by atoms with E-state index in [0.29, 0.717) is 0 Å². The summed E-state index contributed by atoms with van der Waals surface area (Å²) >= 11 is 0. The summed E-state index contributed by atoms with van der Waals surface area (Å²) in [6, 6.07) is 10.6. The van der Waals surface area contributed by atoms with Gasteiger partial charge in [0.15, 0.2) is 0 Å². The molecule has 2 nitrogen and oxygen atoms in total. The lowest BCUT2D eigenvalue weighted by molar-refractivity contribution is 0.586. The largest absolute Gasteiger partial charge is 0.385 e. The van der Waals surface area contributed by atoms with Gasteiger partial charge >= 0.3 is 0 Å². The highest BCUT2D eigenvalue weighted by molar-refractivity contribution is 5.85. The summed E-state index contributed by atoms with van der Waals surface area (Å²) in [5, 5.41) is 6.56. The van der Waals surface area contributed by atoms with E-state index >= 15 is 0 Å². The Balaban J connectivity index is 0. The fraction of sp³-hybridized carbons (Fsp3) is 0.677. The van der Waals surface area contributed by atoms with Gasteiger partial charge < -0.3 is 10.6 Å². The van der Waals surface area contributed by atoms with Crippen LogP contribution in [-0.4, -0.2) is 13.1 Å². The van der Waals surface area contributed by atoms with Gasteiger partial charge in [0, 0.05) is 12.2 Å². The molecule has 0 radical (unpaired) electrons. The Morgan fingerprint density at radius 2 is 1.21 bits per heavy atom. The minimum absolute atomic E-state index is 0. The number of hydrogen-bond donors (Lipinski definition) is 2. The predicted molar refractivity (Wildman–Crippen MR) is 158 cm³/mol. The molecule has 0 bridgehead atoms. The molecule has 0 spiro atoms. The number of halogens is 1. The van der Waals surface area contributed by atoms with Crippen LogP contribution in [0.2, 0.25) is 0 Å². The average molecular weight is 493 g/mol. The zero-order chi connectivity index (χ0) is 24.2. The molecule has 1 aromatic rings. The number of nitrogens with one attached hydrogen (secondary N) is 2. The first-order chi connectivity index (χ1) is 16.2. The van der Waals surface area contributed by atoms with Gasteiger partial charge in [-0.15, -0.1) is 12.4 Å². The van der Waals surface area contributed by atoms with Crippen molar-refractivity contribution < 1.29 is 0 Å². The summed E-state index contributed by atoms with van der Waals surface area (Å²) in [5.41, 5.74) is 2.50. The van der Waals surface area contributed by atoms with E-state index in [1.807, 2.05) is 0 Å². The van der Waals surface area contributed by atoms with Crippen LogP contribution >= 0.6 is 12.4 Å². The Kier molecular flexibility index (Phi) is 30.6. The summed E-state index contributed by atoms with van der Waals surface area (Å²) < 4.78 is 0. The second-order valence-electron chi connectivity index (χ2n) is 9.09. The van der Waals surface area contributed by atoms with Crippen molar-refractivity contribution in [2.24, 2.45) is 0 Å². The van der Waals surface area contributed by atoms with Gasteiger partial charge in [0.05, 0.1) is 0 Å². The number of hydrogen-bond acceptors (Lipinski definition) is 2. The highest BCUT2D eigenvalue weighted by Crippen LogP contribution is 2.12. The molecule has 0 unspecified atom stereocenters. The number of benzene rings is 1. The van der Waals surface area contributed by atoms with Crippen LogP contribution in [0.4, 0.5) is 0 Å². The predicted octanol–water partition coefficient (Wildman–Crippen LogP) is 9.76. The van der Waals surface area contributed by atoms with Crippen molar-refractivity contribution in [3.63, 3.8) is 0 Å². The lowest BCUT2D eigenvalue weighted by Crippen LogP contribution is -2.11. The Morgan fingerprint density at radius 1 is 0.706 bits per heavy atom. The van der Waals surface area contributed by atoms with Gasteiger partial charge in [-0.1, -0.05) is 128 Å². The van der Waals surface area contributed by atoms with E-state index in [2.05, 4.69) is 80.5 Å². The van der Waals surface area contributed by atoms with E-state index in [-0.39, 0.29) is 12.4 Å². The minimum atomic E-state index is 0. The van der Waals surface area contributed by atoms with Gasteiger partial charge in [-0.2, -0.15) is 0 Å². The van der Waals surface area contributed by atoms with Crippen LogP contribution in [0.15, 0.2) is 54.8 Å². The quantitative estimate of drug-likeness (QED) is 0.132. The van der Waals surface area contributed by atoms with Crippen LogP contribution in [-0.2, 0) is 6.54 Å². The molecule has 0 aliphatic heterocycles. The van der Waals surface area contributed by atoms with E-state index in [1.165, 1.54) is 101 Å². The molecule has 1 aromatic carbocycles. The summed E-state index contributed by atoms with van der Waals surface area (Å²) in [4.78, 5) is 0. The molecule has 0 aromatic heterocycles. The standard InChI is InChI=1S/C27H45N.C4H11N.ClH/c1-3-4-5-6-7-8-9-10-11-12-13-14-15-16-17-19-22-26(2)28-25-27-23-20-18-21-24-27;1-3-5-4-2;/h10-11,18,20-21,23-24,28H,2-9,12-17,19,22,25H2,1H3;5H,3-4H2,1-2H3;1H. The lowest BCUT2D eigenvalue weighted by atomic mass is 10.1. The summed E-state index contributed by atoms with van der Waals surface area (Å²) in [5.74, 6) is 0. The Hall–Kier alpha value is -1.25. The van der Waals surface area contributed by atoms with Gasteiger partial charge in [-0.25, -0.2) is 0 Å². The molecule has 0 saturated heterocycles. The van der Waals surface area contributed by atoms with Crippen LogP contribution in [0.5, 0.6) is 0 Å². The number of allylic oxidation sites excluding steroid dienone is 3. The van der Waals surface area contributed by atoms with E-state index < -0.39 is 0 Å². The molecule has 0 atom stereocenters. The Labute approximate surface area is 219 Å². The maximum Gasteiger partial charge on any atom is 0.0397 e. The fourth-order valence-electron chi connectivity index (χ4n) is 3.75. The lowest BCUT2D eigenvalue weighted by Gasteiger charge is -2.09. The maximum atomic E-state index is 4.16. The average Bonchev–Trinajstić information content (AvgIpc) is 2.84. The number of rotatable bonds is 21. The molecule has 34 heavy (non-hydrogen) atoms. The summed E-state index contributed by atoms with van der Waals surface area (Å²) in [6.45, 7) is 13.7. The molecular formula is C31H57ClN2. The first kappa shape index (κ1) is 34.9. The van der Waals surface area contributed by atoms with Gasteiger partial charge in [0.1, 0.15) is 0 Å². The monoisotopic (exact) mass is 492 g/mol.